The number of hydrogen-bond acceptors (Lipinski definition) is 5. The first kappa shape index (κ1) is 21.7. The summed E-state index contributed by atoms with van der Waals surface area (Å²) in [6.07, 6.45) is 0. The lowest BCUT2D eigenvalue weighted by Crippen LogP contribution is -2.37. The number of carboxylic acids is 1. The number of aliphatic carboxylic acids is 1. The van der Waals surface area contributed by atoms with E-state index in [1.54, 1.807) is 25.1 Å². The topological polar surface area (TPSA) is 110 Å². The molecular weight excluding hydrogens is 360 g/mol. The van der Waals surface area contributed by atoms with Crippen molar-refractivity contribution < 1.29 is 23.1 Å². The van der Waals surface area contributed by atoms with Gasteiger partial charge in [-0.3, -0.25) is 4.79 Å². The van der Waals surface area contributed by atoms with Crippen LogP contribution in [-0.2, 0) is 14.8 Å². The minimum Gasteiger partial charge on any atom is -0.481 e. The Labute approximate surface area is 154 Å². The van der Waals surface area contributed by atoms with Crippen molar-refractivity contribution in [1.82, 2.24) is 9.21 Å². The second-order valence-corrected chi connectivity index (χ2v) is 8.56. The molecule has 0 aromatic heterocycles. The highest BCUT2D eigenvalue weighted by Crippen LogP contribution is 2.28. The molecule has 0 aliphatic rings. The maximum atomic E-state index is 12.4. The largest absolute Gasteiger partial charge is 0.481 e. The van der Waals surface area contributed by atoms with Gasteiger partial charge < -0.3 is 20.2 Å². The summed E-state index contributed by atoms with van der Waals surface area (Å²) >= 11 is 0. The van der Waals surface area contributed by atoms with Gasteiger partial charge in [-0.15, -0.1) is 0 Å². The average molecular weight is 386 g/mol. The number of amides is 2. The van der Waals surface area contributed by atoms with Crippen molar-refractivity contribution in [2.75, 3.05) is 52.0 Å². The molecule has 1 rings (SSSR count). The first-order valence-corrected chi connectivity index (χ1v) is 9.30. The van der Waals surface area contributed by atoms with Gasteiger partial charge in [-0.2, -0.15) is 0 Å². The van der Waals surface area contributed by atoms with Crippen LogP contribution in [0.5, 0.6) is 0 Å². The third-order valence-electron chi connectivity index (χ3n) is 3.79. The minimum atomic E-state index is -3.66. The molecule has 1 aromatic rings. The Bertz CT molecular complexity index is 777. The van der Waals surface area contributed by atoms with E-state index < -0.39 is 27.9 Å². The SMILES string of the molecule is CC(CN(C)C(=O)Nc1cc(S(=O)(=O)N(C)C)ccc1N(C)C)C(=O)O. The Morgan fingerprint density at radius 3 is 2.19 bits per heavy atom. The molecule has 2 N–H and O–H groups in total. The van der Waals surface area contributed by atoms with E-state index in [0.29, 0.717) is 11.4 Å². The van der Waals surface area contributed by atoms with Crippen LogP contribution in [0.2, 0.25) is 0 Å². The van der Waals surface area contributed by atoms with Gasteiger partial charge in [0.2, 0.25) is 10.0 Å². The van der Waals surface area contributed by atoms with Crippen molar-refractivity contribution in [2.24, 2.45) is 5.92 Å². The van der Waals surface area contributed by atoms with E-state index in [-0.39, 0.29) is 11.4 Å². The Hall–Kier alpha value is -2.33. The van der Waals surface area contributed by atoms with Gasteiger partial charge in [0, 0.05) is 41.8 Å². The van der Waals surface area contributed by atoms with Gasteiger partial charge in [-0.1, -0.05) is 6.92 Å². The van der Waals surface area contributed by atoms with Gasteiger partial charge in [0.15, 0.2) is 0 Å². The number of nitrogens with one attached hydrogen (secondary N) is 1. The molecule has 146 valence electrons. The molecule has 0 saturated carbocycles. The van der Waals surface area contributed by atoms with Crippen LogP contribution in [0, 0.1) is 5.92 Å². The highest BCUT2D eigenvalue weighted by molar-refractivity contribution is 7.89. The van der Waals surface area contributed by atoms with E-state index in [2.05, 4.69) is 5.32 Å². The normalized spacial score (nSPS) is 12.6. The molecule has 10 heteroatoms. The molecule has 1 atom stereocenters. The van der Waals surface area contributed by atoms with Gasteiger partial charge in [0.1, 0.15) is 0 Å². The van der Waals surface area contributed by atoms with Crippen molar-refractivity contribution >= 4 is 33.4 Å². The van der Waals surface area contributed by atoms with Crippen molar-refractivity contribution in [3.63, 3.8) is 0 Å². The van der Waals surface area contributed by atoms with E-state index in [9.17, 15) is 18.0 Å². The van der Waals surface area contributed by atoms with Crippen LogP contribution in [0.1, 0.15) is 6.92 Å². The summed E-state index contributed by atoms with van der Waals surface area (Å²) < 4.78 is 25.7. The van der Waals surface area contributed by atoms with Crippen molar-refractivity contribution in [2.45, 2.75) is 11.8 Å². The maximum absolute atomic E-state index is 12.4. The lowest BCUT2D eigenvalue weighted by molar-refractivity contribution is -0.141. The lowest BCUT2D eigenvalue weighted by Gasteiger charge is -2.23. The summed E-state index contributed by atoms with van der Waals surface area (Å²) in [7, 11) is 4.20. The summed E-state index contributed by atoms with van der Waals surface area (Å²) in [5.74, 6) is -1.72. The number of urea groups is 1. The fourth-order valence-electron chi connectivity index (χ4n) is 2.16. The number of sulfonamides is 1. The average Bonchev–Trinajstić information content (AvgIpc) is 2.53. The van der Waals surface area contributed by atoms with E-state index in [4.69, 9.17) is 5.11 Å². The van der Waals surface area contributed by atoms with E-state index in [1.165, 1.54) is 45.1 Å². The van der Waals surface area contributed by atoms with Crippen LogP contribution < -0.4 is 10.2 Å². The van der Waals surface area contributed by atoms with E-state index >= 15 is 0 Å². The highest BCUT2D eigenvalue weighted by Gasteiger charge is 2.22. The fraction of sp³-hybridized carbons (Fsp3) is 0.500. The molecule has 1 aromatic carbocycles. The summed E-state index contributed by atoms with van der Waals surface area (Å²) in [4.78, 5) is 26.4. The van der Waals surface area contributed by atoms with Gasteiger partial charge in [0.25, 0.3) is 0 Å². The monoisotopic (exact) mass is 386 g/mol. The fourth-order valence-corrected chi connectivity index (χ4v) is 3.09. The molecule has 1 unspecified atom stereocenters. The number of rotatable bonds is 7. The Morgan fingerprint density at radius 1 is 1.15 bits per heavy atom. The standard InChI is InChI=1S/C16H26N4O5S/c1-11(15(21)22)10-20(6)16(23)17-13-9-12(26(24,25)19(4)5)7-8-14(13)18(2)3/h7-9,11H,10H2,1-6H3,(H,17,23)(H,21,22). The molecule has 0 radical (unpaired) electrons. The number of carbonyl (C=O) groups is 2. The quantitative estimate of drug-likeness (QED) is 0.728. The number of anilines is 2. The smallest absolute Gasteiger partial charge is 0.321 e. The predicted molar refractivity (Wildman–Crippen MR) is 100 cm³/mol. The molecule has 9 nitrogen and oxygen atoms in total. The first-order valence-electron chi connectivity index (χ1n) is 7.86. The summed E-state index contributed by atoms with van der Waals surface area (Å²) in [6.45, 7) is 1.52. The molecule has 2 amide bonds. The van der Waals surface area contributed by atoms with Crippen LogP contribution in [0.3, 0.4) is 0 Å². The van der Waals surface area contributed by atoms with Gasteiger partial charge >= 0.3 is 12.0 Å². The van der Waals surface area contributed by atoms with Crippen molar-refractivity contribution in [3.05, 3.63) is 18.2 Å². The molecule has 0 fully saturated rings. The summed E-state index contributed by atoms with van der Waals surface area (Å²) in [6, 6.07) is 3.93. The summed E-state index contributed by atoms with van der Waals surface area (Å²) in [5.41, 5.74) is 0.938. The minimum absolute atomic E-state index is 0.0220. The van der Waals surface area contributed by atoms with Gasteiger partial charge in [0.05, 0.1) is 22.2 Å². The Balaban J connectivity index is 3.17. The van der Waals surface area contributed by atoms with Crippen molar-refractivity contribution in [3.8, 4) is 0 Å². The third-order valence-corrected chi connectivity index (χ3v) is 5.60. The molecule has 26 heavy (non-hydrogen) atoms. The van der Waals surface area contributed by atoms with Crippen LogP contribution >= 0.6 is 0 Å². The van der Waals surface area contributed by atoms with Crippen LogP contribution in [0.15, 0.2) is 23.1 Å². The second kappa shape index (κ2) is 8.37. The second-order valence-electron chi connectivity index (χ2n) is 6.41. The molecule has 0 bridgehead atoms. The van der Waals surface area contributed by atoms with E-state index in [1.807, 2.05) is 0 Å². The maximum Gasteiger partial charge on any atom is 0.321 e. The summed E-state index contributed by atoms with van der Waals surface area (Å²) in [5, 5.41) is 11.6. The number of carbonyl (C=O) groups excluding carboxylic acids is 1. The van der Waals surface area contributed by atoms with E-state index in [0.717, 1.165) is 4.31 Å². The van der Waals surface area contributed by atoms with Crippen LogP contribution in [-0.4, -0.2) is 76.5 Å². The predicted octanol–water partition coefficient (Wildman–Crippen LogP) is 1.19. The Morgan fingerprint density at radius 2 is 1.73 bits per heavy atom. The molecule has 0 heterocycles. The van der Waals surface area contributed by atoms with Crippen LogP contribution in [0.4, 0.5) is 16.2 Å². The Kier molecular flexibility index (Phi) is 6.99. The lowest BCUT2D eigenvalue weighted by atomic mass is 10.2. The molecule has 0 spiro atoms. The van der Waals surface area contributed by atoms with Gasteiger partial charge in [-0.25, -0.2) is 17.5 Å². The molecule has 0 aliphatic heterocycles. The molecule has 0 saturated heterocycles. The number of carboxylic acid groups (broad SMARTS) is 1. The molecule has 0 aliphatic carbocycles. The zero-order valence-corrected chi connectivity index (χ0v) is 16.7. The van der Waals surface area contributed by atoms with Gasteiger partial charge in [-0.05, 0) is 18.2 Å². The van der Waals surface area contributed by atoms with Crippen LogP contribution in [0.25, 0.3) is 0 Å². The zero-order chi connectivity index (χ0) is 20.2. The zero-order valence-electron chi connectivity index (χ0n) is 15.8. The highest BCUT2D eigenvalue weighted by atomic mass is 32.2. The number of nitrogens with zero attached hydrogens (tertiary/aromatic N) is 3. The molecular formula is C16H26N4O5S. The number of hydrogen-bond donors (Lipinski definition) is 2. The first-order chi connectivity index (χ1) is 11.9. The third kappa shape index (κ3) is 5.09. The number of benzene rings is 1. The van der Waals surface area contributed by atoms with Crippen molar-refractivity contribution in [1.29, 1.82) is 0 Å².